The molecule has 1 aromatic rings. The lowest BCUT2D eigenvalue weighted by molar-refractivity contribution is -0.123. The molecule has 2 fully saturated rings. The van der Waals surface area contributed by atoms with Crippen molar-refractivity contribution in [2.24, 2.45) is 0 Å². The summed E-state index contributed by atoms with van der Waals surface area (Å²) >= 11 is 12.8. The summed E-state index contributed by atoms with van der Waals surface area (Å²) in [5.41, 5.74) is 0.700. The Kier molecular flexibility index (Phi) is 5.89. The number of halogens is 1. The lowest BCUT2D eigenvalue weighted by Gasteiger charge is -2.18. The predicted molar refractivity (Wildman–Crippen MR) is 103 cm³/mol. The van der Waals surface area contributed by atoms with Gasteiger partial charge in [0.2, 0.25) is 0 Å². The number of rotatable bonds is 5. The largest absolute Gasteiger partial charge is 0.496 e. The van der Waals surface area contributed by atoms with E-state index in [9.17, 15) is 4.79 Å². The summed E-state index contributed by atoms with van der Waals surface area (Å²) in [4.78, 5) is 14.9. The van der Waals surface area contributed by atoms with Crippen molar-refractivity contribution in [2.75, 3.05) is 27.4 Å². The minimum absolute atomic E-state index is 0.0619. The maximum atomic E-state index is 12.7. The van der Waals surface area contributed by atoms with Gasteiger partial charge < -0.3 is 14.2 Å². The number of nitrogens with zero attached hydrogens (tertiary/aromatic N) is 1. The van der Waals surface area contributed by atoms with Gasteiger partial charge in [0.25, 0.3) is 5.91 Å². The van der Waals surface area contributed by atoms with Crippen LogP contribution in [0.5, 0.6) is 11.5 Å². The molecule has 0 aliphatic carbocycles. The molecule has 1 amide bonds. The molecule has 2 aliphatic heterocycles. The van der Waals surface area contributed by atoms with Gasteiger partial charge in [-0.15, -0.1) is 0 Å². The quantitative estimate of drug-likeness (QED) is 0.555. The Morgan fingerprint density at radius 2 is 2.16 bits per heavy atom. The van der Waals surface area contributed by atoms with Gasteiger partial charge >= 0.3 is 0 Å². The summed E-state index contributed by atoms with van der Waals surface area (Å²) in [6, 6.07) is 3.41. The van der Waals surface area contributed by atoms with Gasteiger partial charge in [-0.2, -0.15) is 0 Å². The molecule has 25 heavy (non-hydrogen) atoms. The first-order chi connectivity index (χ1) is 12.0. The Morgan fingerprint density at radius 3 is 2.80 bits per heavy atom. The summed E-state index contributed by atoms with van der Waals surface area (Å²) in [6.45, 7) is 1.25. The van der Waals surface area contributed by atoms with Gasteiger partial charge in [0, 0.05) is 18.2 Å². The van der Waals surface area contributed by atoms with Gasteiger partial charge in [-0.25, -0.2) is 0 Å². The van der Waals surface area contributed by atoms with E-state index < -0.39 is 0 Å². The van der Waals surface area contributed by atoms with Crippen molar-refractivity contribution >= 4 is 51.9 Å². The average Bonchev–Trinajstić information content (AvgIpc) is 3.19. The molecule has 0 bridgehead atoms. The molecule has 0 N–H and O–H groups in total. The summed E-state index contributed by atoms with van der Waals surface area (Å²) < 4.78 is 16.7. The number of thiocarbonyl (C=S) groups is 1. The van der Waals surface area contributed by atoms with Crippen molar-refractivity contribution in [3.8, 4) is 11.5 Å². The molecule has 0 saturated carbocycles. The van der Waals surface area contributed by atoms with E-state index in [-0.39, 0.29) is 12.0 Å². The number of ether oxygens (including phenoxy) is 3. The number of hydrogen-bond donors (Lipinski definition) is 0. The van der Waals surface area contributed by atoms with Crippen molar-refractivity contribution in [1.82, 2.24) is 4.90 Å². The van der Waals surface area contributed by atoms with E-state index in [0.717, 1.165) is 19.4 Å². The van der Waals surface area contributed by atoms with E-state index in [2.05, 4.69) is 0 Å². The molecule has 2 aliphatic rings. The predicted octanol–water partition coefficient (Wildman–Crippen LogP) is 3.74. The molecule has 134 valence electrons. The highest BCUT2D eigenvalue weighted by Gasteiger charge is 2.34. The van der Waals surface area contributed by atoms with Crippen LogP contribution in [0.1, 0.15) is 18.4 Å². The van der Waals surface area contributed by atoms with Crippen molar-refractivity contribution < 1.29 is 19.0 Å². The Balaban J connectivity index is 1.85. The summed E-state index contributed by atoms with van der Waals surface area (Å²) in [7, 11) is 3.10. The van der Waals surface area contributed by atoms with Crippen LogP contribution in [0.4, 0.5) is 0 Å². The summed E-state index contributed by atoms with van der Waals surface area (Å²) in [6.07, 6.45) is 3.79. The number of hydrogen-bond acceptors (Lipinski definition) is 6. The Labute approximate surface area is 161 Å². The van der Waals surface area contributed by atoms with Crippen LogP contribution in [0, 0.1) is 0 Å². The van der Waals surface area contributed by atoms with Crippen LogP contribution in [-0.4, -0.2) is 48.6 Å². The Morgan fingerprint density at radius 1 is 1.40 bits per heavy atom. The number of amides is 1. The molecule has 3 rings (SSSR count). The Bertz CT molecular complexity index is 732. The standard InChI is InChI=1S/C17H18ClNO4S2/c1-21-13-8-14(22-2)12(18)6-10(13)7-15-16(20)19(17(24)25-15)9-11-4-3-5-23-11/h6-8,11H,3-5,9H2,1-2H3/b15-7-/t11-/m0/s1. The molecule has 8 heteroatoms. The molecule has 0 aromatic heterocycles. The number of benzene rings is 1. The van der Waals surface area contributed by atoms with Crippen LogP contribution in [0.2, 0.25) is 5.02 Å². The third-order valence-corrected chi connectivity index (χ3v) is 5.75. The van der Waals surface area contributed by atoms with Crippen LogP contribution < -0.4 is 9.47 Å². The third kappa shape index (κ3) is 3.95. The highest BCUT2D eigenvalue weighted by atomic mass is 35.5. The molecular weight excluding hydrogens is 382 g/mol. The molecule has 0 unspecified atom stereocenters. The van der Waals surface area contributed by atoms with Gasteiger partial charge in [0.15, 0.2) is 0 Å². The van der Waals surface area contributed by atoms with Gasteiger partial charge in [-0.3, -0.25) is 9.69 Å². The molecule has 2 saturated heterocycles. The lowest BCUT2D eigenvalue weighted by atomic mass is 10.1. The Hall–Kier alpha value is -1.28. The topological polar surface area (TPSA) is 48.0 Å². The SMILES string of the molecule is COc1cc(OC)c(/C=C2\SC(=S)N(C[C@@H]3CCCO3)C2=O)cc1Cl. The molecule has 0 radical (unpaired) electrons. The van der Waals surface area contributed by atoms with Crippen molar-refractivity contribution in [3.63, 3.8) is 0 Å². The zero-order chi connectivity index (χ0) is 18.0. The minimum atomic E-state index is -0.112. The number of carbonyl (C=O) groups is 1. The second-order valence-corrected chi connectivity index (χ2v) is 7.74. The molecule has 2 heterocycles. The summed E-state index contributed by atoms with van der Waals surface area (Å²) in [5, 5.41) is 0.449. The van der Waals surface area contributed by atoms with Crippen LogP contribution in [0.25, 0.3) is 6.08 Å². The second-order valence-electron chi connectivity index (χ2n) is 5.66. The number of thioether (sulfide) groups is 1. The van der Waals surface area contributed by atoms with Gasteiger partial charge in [-0.05, 0) is 25.0 Å². The first-order valence-electron chi connectivity index (χ1n) is 7.82. The third-order valence-electron chi connectivity index (χ3n) is 4.07. The first-order valence-corrected chi connectivity index (χ1v) is 9.42. The molecule has 5 nitrogen and oxygen atoms in total. The highest BCUT2D eigenvalue weighted by Crippen LogP contribution is 2.38. The van der Waals surface area contributed by atoms with E-state index in [1.165, 1.54) is 18.9 Å². The minimum Gasteiger partial charge on any atom is -0.496 e. The maximum absolute atomic E-state index is 12.7. The number of carbonyl (C=O) groups excluding carboxylic acids is 1. The molecule has 0 spiro atoms. The van der Waals surface area contributed by atoms with Crippen LogP contribution >= 0.6 is 35.6 Å². The molecule has 1 aromatic carbocycles. The zero-order valence-electron chi connectivity index (χ0n) is 13.9. The van der Waals surface area contributed by atoms with Crippen LogP contribution in [0.15, 0.2) is 17.0 Å². The van der Waals surface area contributed by atoms with Crippen LogP contribution in [-0.2, 0) is 9.53 Å². The van der Waals surface area contributed by atoms with E-state index in [0.29, 0.717) is 37.9 Å². The summed E-state index contributed by atoms with van der Waals surface area (Å²) in [5.74, 6) is 0.978. The smallest absolute Gasteiger partial charge is 0.266 e. The van der Waals surface area contributed by atoms with Crippen LogP contribution in [0.3, 0.4) is 0 Å². The van der Waals surface area contributed by atoms with Crippen molar-refractivity contribution in [1.29, 1.82) is 0 Å². The highest BCUT2D eigenvalue weighted by molar-refractivity contribution is 8.26. The van der Waals surface area contributed by atoms with Gasteiger partial charge in [0.05, 0.1) is 36.8 Å². The molecular formula is C17H18ClNO4S2. The fraction of sp³-hybridized carbons (Fsp3) is 0.412. The van der Waals surface area contributed by atoms with Gasteiger partial charge in [-0.1, -0.05) is 35.6 Å². The number of methoxy groups -OCH3 is 2. The monoisotopic (exact) mass is 399 g/mol. The average molecular weight is 400 g/mol. The van der Waals surface area contributed by atoms with E-state index >= 15 is 0 Å². The fourth-order valence-corrected chi connectivity index (χ4v) is 4.30. The van der Waals surface area contributed by atoms with E-state index in [4.69, 9.17) is 38.0 Å². The van der Waals surface area contributed by atoms with Crippen molar-refractivity contribution in [2.45, 2.75) is 18.9 Å². The lowest BCUT2D eigenvalue weighted by Crippen LogP contribution is -2.35. The first kappa shape index (κ1) is 18.5. The van der Waals surface area contributed by atoms with E-state index in [1.807, 2.05) is 0 Å². The zero-order valence-corrected chi connectivity index (χ0v) is 16.3. The normalized spacial score (nSPS) is 22.1. The maximum Gasteiger partial charge on any atom is 0.266 e. The van der Waals surface area contributed by atoms with Gasteiger partial charge in [0.1, 0.15) is 15.8 Å². The van der Waals surface area contributed by atoms with Crippen molar-refractivity contribution in [3.05, 3.63) is 27.6 Å². The second kappa shape index (κ2) is 7.95. The van der Waals surface area contributed by atoms with E-state index in [1.54, 1.807) is 30.2 Å². The molecule has 1 atom stereocenters. The fourth-order valence-electron chi connectivity index (χ4n) is 2.79.